The highest BCUT2D eigenvalue weighted by Crippen LogP contribution is 2.16. The first kappa shape index (κ1) is 15.1. The zero-order chi connectivity index (χ0) is 15.1. The van der Waals surface area contributed by atoms with Gasteiger partial charge in [0.1, 0.15) is 5.75 Å². The van der Waals surface area contributed by atoms with Crippen LogP contribution in [0.5, 0.6) is 5.75 Å². The number of nitrogens with one attached hydrogen (secondary N) is 1. The summed E-state index contributed by atoms with van der Waals surface area (Å²) < 4.78 is 5.60. The molecular formula is C18H21NO2. The molecule has 2 aromatic rings. The minimum absolute atomic E-state index is 0.00249. The highest BCUT2D eigenvalue weighted by molar-refractivity contribution is 5.75. The third kappa shape index (κ3) is 4.95. The summed E-state index contributed by atoms with van der Waals surface area (Å²) in [5.74, 6) is 0.816. The highest BCUT2D eigenvalue weighted by Gasteiger charge is 2.03. The Hall–Kier alpha value is -2.29. The summed E-state index contributed by atoms with van der Waals surface area (Å²) in [6.07, 6.45) is 0.361. The first-order valence-electron chi connectivity index (χ1n) is 7.16. The maximum absolute atomic E-state index is 11.7. The number of ether oxygens (including phenoxy) is 1. The van der Waals surface area contributed by atoms with Crippen molar-refractivity contribution in [2.75, 3.05) is 6.61 Å². The largest absolute Gasteiger partial charge is 0.493 e. The minimum atomic E-state index is 0.00249. The Morgan fingerprint density at radius 1 is 1.05 bits per heavy atom. The molecule has 2 aromatic carbocycles. The van der Waals surface area contributed by atoms with E-state index < -0.39 is 0 Å². The second-order valence-corrected chi connectivity index (χ2v) is 5.11. The number of hydrogen-bond donors (Lipinski definition) is 1. The first-order chi connectivity index (χ1) is 10.1. The van der Waals surface area contributed by atoms with Gasteiger partial charge in [-0.3, -0.25) is 4.79 Å². The van der Waals surface area contributed by atoms with E-state index in [1.165, 1.54) is 11.1 Å². The van der Waals surface area contributed by atoms with Crippen LogP contribution in [0.15, 0.2) is 48.5 Å². The molecule has 110 valence electrons. The molecule has 0 aromatic heterocycles. The van der Waals surface area contributed by atoms with Crippen LogP contribution in [0.2, 0.25) is 0 Å². The van der Waals surface area contributed by atoms with E-state index in [0.29, 0.717) is 19.6 Å². The second-order valence-electron chi connectivity index (χ2n) is 5.11. The number of benzene rings is 2. The van der Waals surface area contributed by atoms with Gasteiger partial charge in [-0.25, -0.2) is 0 Å². The third-order valence-corrected chi connectivity index (χ3v) is 3.41. The molecule has 0 heterocycles. The van der Waals surface area contributed by atoms with Crippen molar-refractivity contribution >= 4 is 5.91 Å². The number of hydrogen-bond acceptors (Lipinski definition) is 2. The molecule has 21 heavy (non-hydrogen) atoms. The van der Waals surface area contributed by atoms with Crippen LogP contribution in [0.25, 0.3) is 0 Å². The predicted molar refractivity (Wildman–Crippen MR) is 84.3 cm³/mol. The van der Waals surface area contributed by atoms with Crippen LogP contribution in [0.1, 0.15) is 23.1 Å². The third-order valence-electron chi connectivity index (χ3n) is 3.41. The van der Waals surface area contributed by atoms with Gasteiger partial charge in [-0.05, 0) is 42.7 Å². The Balaban J connectivity index is 1.70. The summed E-state index contributed by atoms with van der Waals surface area (Å²) in [5.41, 5.74) is 3.53. The lowest BCUT2D eigenvalue weighted by Crippen LogP contribution is -2.24. The Morgan fingerprint density at radius 2 is 1.81 bits per heavy atom. The van der Waals surface area contributed by atoms with Gasteiger partial charge < -0.3 is 10.1 Å². The SMILES string of the molecule is Cc1ccc(OCCC(=O)NCc2ccccc2)cc1C. The van der Waals surface area contributed by atoms with E-state index in [0.717, 1.165) is 11.3 Å². The molecule has 0 radical (unpaired) electrons. The van der Waals surface area contributed by atoms with Crippen LogP contribution in [-0.4, -0.2) is 12.5 Å². The molecule has 0 saturated heterocycles. The van der Waals surface area contributed by atoms with Crippen molar-refractivity contribution < 1.29 is 9.53 Å². The summed E-state index contributed by atoms with van der Waals surface area (Å²) in [6.45, 7) is 5.07. The molecule has 0 fully saturated rings. The fourth-order valence-electron chi connectivity index (χ4n) is 1.95. The molecule has 0 bridgehead atoms. The molecule has 0 aliphatic heterocycles. The highest BCUT2D eigenvalue weighted by atomic mass is 16.5. The molecular weight excluding hydrogens is 262 g/mol. The van der Waals surface area contributed by atoms with Crippen molar-refractivity contribution in [2.45, 2.75) is 26.8 Å². The average molecular weight is 283 g/mol. The van der Waals surface area contributed by atoms with Crippen molar-refractivity contribution in [1.29, 1.82) is 0 Å². The van der Waals surface area contributed by atoms with Gasteiger partial charge in [0.25, 0.3) is 0 Å². The van der Waals surface area contributed by atoms with E-state index in [1.807, 2.05) is 48.5 Å². The summed E-state index contributed by atoms with van der Waals surface area (Å²) in [5, 5.41) is 2.89. The molecule has 0 aliphatic rings. The van der Waals surface area contributed by atoms with E-state index in [9.17, 15) is 4.79 Å². The van der Waals surface area contributed by atoms with Crippen molar-refractivity contribution in [3.05, 3.63) is 65.2 Å². The average Bonchev–Trinajstić information content (AvgIpc) is 2.50. The van der Waals surface area contributed by atoms with Gasteiger partial charge in [-0.1, -0.05) is 36.4 Å². The van der Waals surface area contributed by atoms with Gasteiger partial charge in [-0.15, -0.1) is 0 Å². The van der Waals surface area contributed by atoms with E-state index in [1.54, 1.807) is 0 Å². The van der Waals surface area contributed by atoms with E-state index in [-0.39, 0.29) is 5.91 Å². The van der Waals surface area contributed by atoms with Crippen LogP contribution < -0.4 is 10.1 Å². The molecule has 0 spiro atoms. The maximum atomic E-state index is 11.7. The van der Waals surface area contributed by atoms with Crippen LogP contribution in [0.3, 0.4) is 0 Å². The lowest BCUT2D eigenvalue weighted by Gasteiger charge is -2.09. The van der Waals surface area contributed by atoms with Crippen molar-refractivity contribution in [3.8, 4) is 5.75 Å². The molecule has 0 saturated carbocycles. The topological polar surface area (TPSA) is 38.3 Å². The Kier molecular flexibility index (Phi) is 5.38. The van der Waals surface area contributed by atoms with Gasteiger partial charge in [0.05, 0.1) is 13.0 Å². The Bertz CT molecular complexity index is 593. The summed E-state index contributed by atoms with van der Waals surface area (Å²) in [6, 6.07) is 15.8. The number of amides is 1. The van der Waals surface area contributed by atoms with Crippen LogP contribution >= 0.6 is 0 Å². The van der Waals surface area contributed by atoms with Crippen LogP contribution in [0, 0.1) is 13.8 Å². The van der Waals surface area contributed by atoms with Crippen LogP contribution in [0.4, 0.5) is 0 Å². The van der Waals surface area contributed by atoms with Crippen molar-refractivity contribution in [1.82, 2.24) is 5.32 Å². The zero-order valence-electron chi connectivity index (χ0n) is 12.6. The quantitative estimate of drug-likeness (QED) is 0.882. The maximum Gasteiger partial charge on any atom is 0.223 e. The number of carbonyl (C=O) groups is 1. The molecule has 0 unspecified atom stereocenters. The minimum Gasteiger partial charge on any atom is -0.493 e. The lowest BCUT2D eigenvalue weighted by atomic mass is 10.1. The monoisotopic (exact) mass is 283 g/mol. The zero-order valence-corrected chi connectivity index (χ0v) is 12.6. The van der Waals surface area contributed by atoms with E-state index >= 15 is 0 Å². The number of aryl methyl sites for hydroxylation is 2. The standard InChI is InChI=1S/C18H21NO2/c1-14-8-9-17(12-15(14)2)21-11-10-18(20)19-13-16-6-4-3-5-7-16/h3-9,12H,10-11,13H2,1-2H3,(H,19,20). The molecule has 0 atom stereocenters. The fraction of sp³-hybridized carbons (Fsp3) is 0.278. The number of carbonyl (C=O) groups excluding carboxylic acids is 1. The summed E-state index contributed by atoms with van der Waals surface area (Å²) in [4.78, 5) is 11.7. The molecule has 2 rings (SSSR count). The van der Waals surface area contributed by atoms with Gasteiger partial charge in [-0.2, -0.15) is 0 Å². The summed E-state index contributed by atoms with van der Waals surface area (Å²) in [7, 11) is 0. The smallest absolute Gasteiger partial charge is 0.223 e. The van der Waals surface area contributed by atoms with E-state index in [2.05, 4.69) is 19.2 Å². The van der Waals surface area contributed by atoms with Crippen LogP contribution in [-0.2, 0) is 11.3 Å². The Morgan fingerprint density at radius 3 is 2.52 bits per heavy atom. The molecule has 3 nitrogen and oxygen atoms in total. The van der Waals surface area contributed by atoms with Gasteiger partial charge in [0.15, 0.2) is 0 Å². The molecule has 3 heteroatoms. The van der Waals surface area contributed by atoms with Gasteiger partial charge >= 0.3 is 0 Å². The van der Waals surface area contributed by atoms with Gasteiger partial charge in [0.2, 0.25) is 5.91 Å². The Labute approximate surface area is 126 Å². The fourth-order valence-corrected chi connectivity index (χ4v) is 1.95. The molecule has 0 aliphatic carbocycles. The predicted octanol–water partition coefficient (Wildman–Crippen LogP) is 3.39. The van der Waals surface area contributed by atoms with E-state index in [4.69, 9.17) is 4.74 Å². The normalized spacial score (nSPS) is 10.2. The number of rotatable bonds is 6. The molecule has 1 amide bonds. The van der Waals surface area contributed by atoms with Crippen molar-refractivity contribution in [3.63, 3.8) is 0 Å². The second kappa shape index (κ2) is 7.48. The lowest BCUT2D eigenvalue weighted by molar-refractivity contribution is -0.121. The first-order valence-corrected chi connectivity index (χ1v) is 7.16. The molecule has 1 N–H and O–H groups in total. The summed E-state index contributed by atoms with van der Waals surface area (Å²) >= 11 is 0. The van der Waals surface area contributed by atoms with Crippen molar-refractivity contribution in [2.24, 2.45) is 0 Å². The van der Waals surface area contributed by atoms with Gasteiger partial charge in [0, 0.05) is 6.54 Å².